The molecule has 19 N–H and O–H groups in total. The van der Waals surface area contributed by atoms with E-state index < -0.39 is 148 Å². The summed E-state index contributed by atoms with van der Waals surface area (Å²) in [5.74, 6) is -3.49. The van der Waals surface area contributed by atoms with Crippen molar-refractivity contribution < 1.29 is 156 Å². The average Bonchev–Trinajstić information content (AvgIpc) is 1.57. The number of likely N-dealkylation sites (tertiary alicyclic amines) is 1. The molecular formula is C82H147N10O32P. The summed E-state index contributed by atoms with van der Waals surface area (Å²) < 4.78 is 70.1. The molecule has 4 heterocycles. The molecule has 10 amide bonds. The maximum absolute atomic E-state index is 14.2. The summed E-state index contributed by atoms with van der Waals surface area (Å²) in [5.41, 5.74) is -1.20. The van der Waals surface area contributed by atoms with Crippen molar-refractivity contribution in [2.45, 2.75) is 305 Å². The van der Waals surface area contributed by atoms with Gasteiger partial charge in [0.1, 0.15) is 78.8 Å². The molecular weight excluding hydrogens is 1670 g/mol. The van der Waals surface area contributed by atoms with E-state index in [1.807, 2.05) is 0 Å². The van der Waals surface area contributed by atoms with Gasteiger partial charge in [-0.15, -0.1) is 0 Å². The van der Waals surface area contributed by atoms with Gasteiger partial charge in [-0.3, -0.25) is 57.3 Å². The molecule has 16 unspecified atom stereocenters. The summed E-state index contributed by atoms with van der Waals surface area (Å²) in [6.07, 6.45) is -4.54. The summed E-state index contributed by atoms with van der Waals surface area (Å²) >= 11 is 0. The molecule has 0 aromatic rings. The first-order valence-corrected chi connectivity index (χ1v) is 46.5. The van der Waals surface area contributed by atoms with Gasteiger partial charge in [0.05, 0.1) is 65.6 Å². The molecule has 18 atom stereocenters. The minimum atomic E-state index is -2.77. The molecule has 4 aliphatic rings. The van der Waals surface area contributed by atoms with Gasteiger partial charge in [0.2, 0.25) is 59.1 Å². The predicted octanol–water partition coefficient (Wildman–Crippen LogP) is -2.78. The van der Waals surface area contributed by atoms with Crippen LogP contribution in [0, 0.1) is 5.41 Å². The van der Waals surface area contributed by atoms with Gasteiger partial charge in [0.15, 0.2) is 26.2 Å². The number of hydrogen-bond acceptors (Lipinski definition) is 32. The van der Waals surface area contributed by atoms with Crippen LogP contribution in [0.2, 0.25) is 0 Å². The van der Waals surface area contributed by atoms with E-state index in [4.69, 9.17) is 47.2 Å². The minimum absolute atomic E-state index is 0.0287. The number of hydrogen-bond donors (Lipinski definition) is 19. The Kier molecular flexibility index (Phi) is 55.9. The molecule has 0 spiro atoms. The third kappa shape index (κ3) is 45.3. The van der Waals surface area contributed by atoms with Gasteiger partial charge in [-0.2, -0.15) is 0 Å². The summed E-state index contributed by atoms with van der Waals surface area (Å²) in [7, 11) is -1.37. The Balaban J connectivity index is 1.31. The molecule has 0 bridgehead atoms. The van der Waals surface area contributed by atoms with Crippen molar-refractivity contribution in [2.24, 2.45) is 5.41 Å². The molecule has 4 fully saturated rings. The zero-order valence-electron chi connectivity index (χ0n) is 73.6. The second-order valence-electron chi connectivity index (χ2n) is 32.7. The maximum atomic E-state index is 14.2. The third-order valence-corrected chi connectivity index (χ3v) is 23.6. The van der Waals surface area contributed by atoms with Gasteiger partial charge >= 0.3 is 0 Å². The normalized spacial score (nSPS) is 25.3. The van der Waals surface area contributed by atoms with Gasteiger partial charge < -0.3 is 151 Å². The van der Waals surface area contributed by atoms with Crippen molar-refractivity contribution in [3.05, 3.63) is 0 Å². The fraction of sp³-hybridized carbons (Fsp3) is 0.866. The summed E-state index contributed by atoms with van der Waals surface area (Å²) in [4.78, 5) is 142. The SMILES string of the molecule is COP(C)(=O)CC[C@@H]1C[C@@H](O)CN1C(=O)CCCCCCCCCCC(=O)CC(COCCC(=O)NCCCNC(=O)CCCCOC1OC(CO)C(O)C(O)C1NC(C)=O)(COCCC(=O)NCCCNC(=O)CCCCOC1OC(CO)C(O)C(O)C1NC(C)=O)COCCC(=O)NCCCNC(=O)CCCCOC1OC(CO)C(O)C(O)C1NC(C)=O. The van der Waals surface area contributed by atoms with E-state index in [-0.39, 0.29) is 210 Å². The number of nitrogens with one attached hydrogen (secondary N) is 9. The number of carbonyl (C=O) groups is 11. The van der Waals surface area contributed by atoms with Crippen LogP contribution in [0.1, 0.15) is 201 Å². The highest BCUT2D eigenvalue weighted by Crippen LogP contribution is 2.43. The van der Waals surface area contributed by atoms with Gasteiger partial charge in [-0.05, 0) is 83.5 Å². The number of aliphatic hydroxyl groups is 10. The van der Waals surface area contributed by atoms with Gasteiger partial charge in [-0.25, -0.2) is 0 Å². The maximum Gasteiger partial charge on any atom is 0.222 e. The number of Topliss-reactive ketones (excluding diaryl/α,β-unsaturated/α-hetero) is 1. The highest BCUT2D eigenvalue weighted by molar-refractivity contribution is 7.58. The Bertz CT molecular complexity index is 2970. The van der Waals surface area contributed by atoms with Crippen LogP contribution in [0.5, 0.6) is 0 Å². The van der Waals surface area contributed by atoms with Crippen LogP contribution in [0.4, 0.5) is 0 Å². The number of ketones is 1. The predicted molar refractivity (Wildman–Crippen MR) is 448 cm³/mol. The molecule has 0 aromatic carbocycles. The van der Waals surface area contributed by atoms with Crippen LogP contribution in [0.3, 0.4) is 0 Å². The van der Waals surface area contributed by atoms with E-state index in [0.29, 0.717) is 96.1 Å². The van der Waals surface area contributed by atoms with E-state index in [0.717, 1.165) is 38.5 Å². The van der Waals surface area contributed by atoms with Crippen LogP contribution in [-0.2, 0) is 104 Å². The molecule has 4 rings (SSSR count). The number of β-amino-alcohol motifs (C(OH)–C–C–N with tert-alkyl or cyclic N) is 1. The van der Waals surface area contributed by atoms with Crippen LogP contribution >= 0.6 is 7.37 Å². The second kappa shape index (κ2) is 62.9. The number of unbranched alkanes of at least 4 members (excludes halogenated alkanes) is 10. The number of nitrogens with zero attached hydrogens (tertiary/aromatic N) is 1. The number of amides is 10. The van der Waals surface area contributed by atoms with Crippen LogP contribution < -0.4 is 47.9 Å². The van der Waals surface area contributed by atoms with Crippen molar-refractivity contribution in [3.8, 4) is 0 Å². The molecule has 125 heavy (non-hydrogen) atoms. The molecule has 0 saturated carbocycles. The Morgan fingerprint density at radius 1 is 0.400 bits per heavy atom. The van der Waals surface area contributed by atoms with E-state index in [9.17, 15) is 108 Å². The summed E-state index contributed by atoms with van der Waals surface area (Å²) in [5, 5.41) is 126. The molecule has 42 nitrogen and oxygen atoms in total. The molecule has 4 saturated heterocycles. The first-order valence-electron chi connectivity index (χ1n) is 44.2. The smallest absolute Gasteiger partial charge is 0.222 e. The largest absolute Gasteiger partial charge is 0.394 e. The second-order valence-corrected chi connectivity index (χ2v) is 35.5. The van der Waals surface area contributed by atoms with Crippen molar-refractivity contribution in [1.82, 2.24) is 52.8 Å². The fourth-order valence-corrected chi connectivity index (χ4v) is 15.6. The standard InChI is InChI=1S/C82H147N10O32P/c1-54(96)89-70-76(111)73(108)60(48-93)122-79(70)119-38-17-14-24-63(101)83-32-20-35-86-66(104)28-41-116-51-82(46-58(99)23-12-10-8-6-7-9-11-13-27-69(107)92-47-59(100)45-57(92)31-44-125(5,114)115-4,52-117-42-29-67(105)87-36-21-33-84-64(102)25-15-18-39-120-80-71(90-55(2)97)77(112)74(109)61(49-94)123-80)53-118-43-30-68(106)88-37-22-34-85-65(103)26-16-19-40-121-81-72(91-56(3)98)78(113)75(110)62(50-95)124-81/h57,59-62,70-81,93-95,100,108-113H,6-53H2,1-5H3,(H,83,101)(H,84,102)(H,85,103)(H,86,104)(H,87,105)(H,88,106)(H,89,96)(H,90,97)(H,91,98)/t57-,59-,60?,61?,62?,70?,71?,72?,73?,74?,75?,76?,77?,78?,79?,80?,81?,82?,125?/m1/s1. The third-order valence-electron chi connectivity index (χ3n) is 21.8. The number of aliphatic hydroxyl groups excluding tert-OH is 10. The zero-order chi connectivity index (χ0) is 92.1. The lowest BCUT2D eigenvalue weighted by Crippen LogP contribution is -2.64. The minimum Gasteiger partial charge on any atom is -0.394 e. The molecule has 0 radical (unpaired) electrons. The van der Waals surface area contributed by atoms with Gasteiger partial charge in [0.25, 0.3) is 0 Å². The van der Waals surface area contributed by atoms with E-state index in [1.54, 1.807) is 11.6 Å². The lowest BCUT2D eigenvalue weighted by Gasteiger charge is -2.42. The van der Waals surface area contributed by atoms with E-state index in [1.165, 1.54) is 27.9 Å². The highest BCUT2D eigenvalue weighted by Gasteiger charge is 2.48. The molecule has 722 valence electrons. The lowest BCUT2D eigenvalue weighted by molar-refractivity contribution is -0.270. The first kappa shape index (κ1) is 111. The van der Waals surface area contributed by atoms with Crippen molar-refractivity contribution in [2.75, 3.05) is 145 Å². The lowest BCUT2D eigenvalue weighted by atomic mass is 9.84. The Hall–Kier alpha value is -6.20. The zero-order valence-corrected chi connectivity index (χ0v) is 74.5. The summed E-state index contributed by atoms with van der Waals surface area (Å²) in [6, 6.07) is -3.49. The van der Waals surface area contributed by atoms with Crippen molar-refractivity contribution in [3.63, 3.8) is 0 Å². The number of carbonyl (C=O) groups excluding carboxylic acids is 11. The Morgan fingerprint density at radius 3 is 1.02 bits per heavy atom. The number of rotatable bonds is 68. The Morgan fingerprint density at radius 2 is 0.704 bits per heavy atom. The van der Waals surface area contributed by atoms with E-state index >= 15 is 0 Å². The van der Waals surface area contributed by atoms with Crippen LogP contribution in [0.15, 0.2) is 0 Å². The van der Waals surface area contributed by atoms with Crippen molar-refractivity contribution in [1.29, 1.82) is 0 Å². The molecule has 0 aliphatic carbocycles. The van der Waals surface area contributed by atoms with Crippen LogP contribution in [-0.4, -0.2) is 370 Å². The van der Waals surface area contributed by atoms with Crippen molar-refractivity contribution >= 4 is 72.2 Å². The first-order chi connectivity index (χ1) is 59.8. The van der Waals surface area contributed by atoms with Gasteiger partial charge in [-0.1, -0.05) is 38.5 Å². The topological polar surface area (TPSA) is 611 Å². The molecule has 4 aliphatic heterocycles. The van der Waals surface area contributed by atoms with Crippen LogP contribution in [0.25, 0.3) is 0 Å². The quantitative estimate of drug-likeness (QED) is 0.0216. The molecule has 0 aromatic heterocycles. The average molecular weight is 1820 g/mol. The summed E-state index contributed by atoms with van der Waals surface area (Å²) in [6.45, 7) is 4.54. The van der Waals surface area contributed by atoms with E-state index in [2.05, 4.69) is 47.9 Å². The highest BCUT2D eigenvalue weighted by atomic mass is 31.2. The Labute approximate surface area is 732 Å². The molecule has 43 heteroatoms. The number of ether oxygens (including phenoxy) is 9. The fourth-order valence-electron chi connectivity index (χ4n) is 14.7. The van der Waals surface area contributed by atoms with Gasteiger partial charge in [0, 0.05) is 176 Å². The monoisotopic (exact) mass is 1810 g/mol.